The molecule has 0 saturated carbocycles. The third-order valence-electron chi connectivity index (χ3n) is 5.29. The summed E-state index contributed by atoms with van der Waals surface area (Å²) in [5.41, 5.74) is -1.16. The number of fused-ring (bicyclic) bond motifs is 1. The minimum atomic E-state index is -4.84. The molecule has 0 amide bonds. The van der Waals surface area contributed by atoms with Crippen LogP contribution in [-0.2, 0) is 18.0 Å². The third kappa shape index (κ3) is 4.26. The van der Waals surface area contributed by atoms with Crippen LogP contribution in [0.2, 0.25) is 0 Å². The fraction of sp³-hybridized carbons (Fsp3) is 0.217. The first-order chi connectivity index (χ1) is 16.1. The number of carbonyl (C=O) groups excluding carboxylic acids is 1. The molecule has 11 heteroatoms. The molecule has 0 atom stereocenters. The standard InChI is InChI=1S/C23H18F3N3O4S/c1-13-4-6-15(33-9-3-8-30)11-16(13)21-17-10-14(5-7-18(17)34-27-21)29-20(31)12-19(23(24,25)26)28(2)22(29)32/h4-8,10-12H,3,9H2,1-2H3. The largest absolute Gasteiger partial charge is 0.493 e. The number of nitrogens with zero attached hydrogens (tertiary/aromatic N) is 3. The third-order valence-corrected chi connectivity index (χ3v) is 6.12. The second-order valence-electron chi connectivity index (χ2n) is 7.53. The predicted octanol–water partition coefficient (Wildman–Crippen LogP) is 4.11. The van der Waals surface area contributed by atoms with E-state index in [0.717, 1.165) is 29.2 Å². The van der Waals surface area contributed by atoms with Gasteiger partial charge in [-0.1, -0.05) is 6.07 Å². The van der Waals surface area contributed by atoms with Gasteiger partial charge < -0.3 is 9.53 Å². The Bertz CT molecular complexity index is 1520. The minimum Gasteiger partial charge on any atom is -0.493 e. The lowest BCUT2D eigenvalue weighted by Crippen LogP contribution is -2.40. The Morgan fingerprint density at radius 3 is 2.59 bits per heavy atom. The van der Waals surface area contributed by atoms with Gasteiger partial charge in [0.15, 0.2) is 0 Å². The van der Waals surface area contributed by atoms with Crippen molar-refractivity contribution >= 4 is 27.9 Å². The van der Waals surface area contributed by atoms with Gasteiger partial charge in [-0.3, -0.25) is 9.36 Å². The number of aryl methyl sites for hydroxylation is 1. The number of halogens is 3. The van der Waals surface area contributed by atoms with Crippen LogP contribution in [0, 0.1) is 6.92 Å². The molecule has 34 heavy (non-hydrogen) atoms. The summed E-state index contributed by atoms with van der Waals surface area (Å²) in [5.74, 6) is 0.549. The zero-order chi connectivity index (χ0) is 24.6. The Hall–Kier alpha value is -3.73. The van der Waals surface area contributed by atoms with Gasteiger partial charge in [0, 0.05) is 30.5 Å². The monoisotopic (exact) mass is 489 g/mol. The first kappa shape index (κ1) is 23.4. The minimum absolute atomic E-state index is 0.129. The molecule has 0 radical (unpaired) electrons. The van der Waals surface area contributed by atoms with E-state index in [1.165, 1.54) is 17.6 Å². The van der Waals surface area contributed by atoms with Crippen molar-refractivity contribution in [1.82, 2.24) is 13.5 Å². The number of hydrogen-bond donors (Lipinski definition) is 0. The highest BCUT2D eigenvalue weighted by molar-refractivity contribution is 7.13. The summed E-state index contributed by atoms with van der Waals surface area (Å²) in [7, 11) is 0.969. The van der Waals surface area contributed by atoms with Crippen LogP contribution < -0.4 is 16.0 Å². The van der Waals surface area contributed by atoms with Crippen molar-refractivity contribution in [2.75, 3.05) is 6.61 Å². The van der Waals surface area contributed by atoms with Crippen LogP contribution in [-0.4, -0.2) is 26.4 Å². The molecular formula is C23H18F3N3O4S. The number of benzene rings is 2. The van der Waals surface area contributed by atoms with Gasteiger partial charge in [0.1, 0.15) is 17.7 Å². The molecule has 0 saturated heterocycles. The van der Waals surface area contributed by atoms with Crippen LogP contribution in [0.4, 0.5) is 13.2 Å². The van der Waals surface area contributed by atoms with Crippen LogP contribution in [0.3, 0.4) is 0 Å². The van der Waals surface area contributed by atoms with E-state index in [-0.39, 0.29) is 18.7 Å². The summed E-state index contributed by atoms with van der Waals surface area (Å²) in [6, 6.07) is 10.5. The van der Waals surface area contributed by atoms with Crippen LogP contribution in [0.25, 0.3) is 27.0 Å². The first-order valence-corrected chi connectivity index (χ1v) is 10.9. The first-order valence-electron chi connectivity index (χ1n) is 10.1. The summed E-state index contributed by atoms with van der Waals surface area (Å²) < 4.78 is 51.5. The second-order valence-corrected chi connectivity index (χ2v) is 8.34. The summed E-state index contributed by atoms with van der Waals surface area (Å²) in [6.07, 6.45) is -3.82. The van der Waals surface area contributed by atoms with Crippen molar-refractivity contribution in [3.63, 3.8) is 0 Å². The molecule has 0 unspecified atom stereocenters. The Morgan fingerprint density at radius 1 is 1.12 bits per heavy atom. The van der Waals surface area contributed by atoms with E-state index in [1.807, 2.05) is 13.0 Å². The maximum atomic E-state index is 13.2. The van der Waals surface area contributed by atoms with Crippen LogP contribution in [0.1, 0.15) is 17.7 Å². The van der Waals surface area contributed by atoms with E-state index in [2.05, 4.69) is 4.37 Å². The number of rotatable bonds is 6. The van der Waals surface area contributed by atoms with Gasteiger partial charge in [-0.15, -0.1) is 0 Å². The highest BCUT2D eigenvalue weighted by Gasteiger charge is 2.35. The molecule has 0 fully saturated rings. The molecule has 0 aliphatic heterocycles. The molecule has 7 nitrogen and oxygen atoms in total. The molecule has 4 rings (SSSR count). The van der Waals surface area contributed by atoms with Crippen molar-refractivity contribution in [2.45, 2.75) is 19.5 Å². The number of ether oxygens (including phenoxy) is 1. The van der Waals surface area contributed by atoms with E-state index < -0.39 is 23.1 Å². The maximum absolute atomic E-state index is 13.2. The number of aldehydes is 1. The lowest BCUT2D eigenvalue weighted by molar-refractivity contribution is -0.144. The maximum Gasteiger partial charge on any atom is 0.431 e. The topological polar surface area (TPSA) is 83.2 Å². The van der Waals surface area contributed by atoms with E-state index in [0.29, 0.717) is 32.0 Å². The van der Waals surface area contributed by atoms with E-state index >= 15 is 0 Å². The Labute approximate surface area is 194 Å². The summed E-state index contributed by atoms with van der Waals surface area (Å²) in [4.78, 5) is 35.7. The van der Waals surface area contributed by atoms with Crippen molar-refractivity contribution in [3.05, 3.63) is 74.6 Å². The molecule has 0 spiro atoms. The fourth-order valence-electron chi connectivity index (χ4n) is 3.57. The van der Waals surface area contributed by atoms with Crippen LogP contribution in [0.5, 0.6) is 5.75 Å². The van der Waals surface area contributed by atoms with Crippen molar-refractivity contribution < 1.29 is 22.7 Å². The summed E-state index contributed by atoms with van der Waals surface area (Å²) >= 11 is 1.21. The highest BCUT2D eigenvalue weighted by atomic mass is 32.1. The summed E-state index contributed by atoms with van der Waals surface area (Å²) in [6.45, 7) is 2.11. The van der Waals surface area contributed by atoms with E-state index in [1.54, 1.807) is 24.3 Å². The lowest BCUT2D eigenvalue weighted by Gasteiger charge is -2.14. The van der Waals surface area contributed by atoms with E-state index in [4.69, 9.17) is 4.74 Å². The van der Waals surface area contributed by atoms with Gasteiger partial charge in [-0.05, 0) is 54.4 Å². The van der Waals surface area contributed by atoms with Crippen molar-refractivity contribution in [3.8, 4) is 22.7 Å². The Kier molecular flexibility index (Phi) is 6.13. The van der Waals surface area contributed by atoms with Gasteiger partial charge in [0.05, 0.1) is 22.7 Å². The Balaban J connectivity index is 1.85. The van der Waals surface area contributed by atoms with Gasteiger partial charge >= 0.3 is 11.9 Å². The molecule has 176 valence electrons. The van der Waals surface area contributed by atoms with Gasteiger partial charge in [-0.2, -0.15) is 17.5 Å². The second kappa shape index (κ2) is 8.90. The average molecular weight is 489 g/mol. The number of carbonyl (C=O) groups is 1. The van der Waals surface area contributed by atoms with Crippen molar-refractivity contribution in [1.29, 1.82) is 0 Å². The molecule has 4 aromatic rings. The smallest absolute Gasteiger partial charge is 0.431 e. The predicted molar refractivity (Wildman–Crippen MR) is 122 cm³/mol. The molecule has 0 N–H and O–H groups in total. The normalized spacial score (nSPS) is 11.7. The quantitative estimate of drug-likeness (QED) is 0.301. The van der Waals surface area contributed by atoms with Gasteiger partial charge in [0.2, 0.25) is 0 Å². The number of alkyl halides is 3. The lowest BCUT2D eigenvalue weighted by atomic mass is 10.0. The SMILES string of the molecule is Cc1ccc(OCCC=O)cc1-c1nsc2ccc(-n3c(=O)cc(C(F)(F)F)n(C)c3=O)cc12. The molecular weight excluding hydrogens is 471 g/mol. The molecule has 0 aliphatic rings. The molecule has 2 heterocycles. The zero-order valence-corrected chi connectivity index (χ0v) is 18.9. The van der Waals surface area contributed by atoms with Crippen LogP contribution in [0.15, 0.2) is 52.1 Å². The Morgan fingerprint density at radius 2 is 1.88 bits per heavy atom. The highest BCUT2D eigenvalue weighted by Crippen LogP contribution is 2.35. The average Bonchev–Trinajstić information content (AvgIpc) is 3.20. The number of aromatic nitrogens is 3. The molecule has 2 aromatic heterocycles. The molecule has 2 aromatic carbocycles. The van der Waals surface area contributed by atoms with Crippen molar-refractivity contribution in [2.24, 2.45) is 7.05 Å². The fourth-order valence-corrected chi connectivity index (χ4v) is 4.34. The van der Waals surface area contributed by atoms with Gasteiger partial charge in [0.25, 0.3) is 5.56 Å². The van der Waals surface area contributed by atoms with Crippen LogP contribution >= 0.6 is 11.5 Å². The zero-order valence-electron chi connectivity index (χ0n) is 18.0. The number of hydrogen-bond acceptors (Lipinski definition) is 6. The molecule has 0 bridgehead atoms. The summed E-state index contributed by atoms with van der Waals surface area (Å²) in [5, 5.41) is 0.629. The van der Waals surface area contributed by atoms with E-state index in [9.17, 15) is 27.6 Å². The molecule has 0 aliphatic carbocycles. The van der Waals surface area contributed by atoms with Gasteiger partial charge in [-0.25, -0.2) is 9.36 Å².